The molecule has 2 aromatic rings. The first kappa shape index (κ1) is 7.75. The van der Waals surface area contributed by atoms with Crippen LogP contribution >= 0.6 is 21.6 Å². The molecule has 0 aliphatic carbocycles. The molecule has 0 aromatic carbocycles. The maximum atomic E-state index is 4.99. The third-order valence-corrected chi connectivity index (χ3v) is 2.88. The van der Waals surface area contributed by atoms with E-state index in [4.69, 9.17) is 8.83 Å². The Labute approximate surface area is 76.2 Å². The monoisotopic (exact) mass is 200 g/mol. The van der Waals surface area contributed by atoms with Gasteiger partial charge >= 0.3 is 0 Å². The van der Waals surface area contributed by atoms with Gasteiger partial charge in [0.05, 0.1) is 12.4 Å². The molecule has 0 saturated carbocycles. The molecule has 12 heavy (non-hydrogen) atoms. The van der Waals surface area contributed by atoms with E-state index in [0.717, 1.165) is 0 Å². The zero-order valence-corrected chi connectivity index (χ0v) is 7.47. The van der Waals surface area contributed by atoms with Gasteiger partial charge in [-0.15, -0.1) is 0 Å². The summed E-state index contributed by atoms with van der Waals surface area (Å²) in [5.41, 5.74) is 0. The topological polar surface area (TPSA) is 52.1 Å². The van der Waals surface area contributed by atoms with Crippen LogP contribution in [0.25, 0.3) is 0 Å². The van der Waals surface area contributed by atoms with Crippen molar-refractivity contribution in [3.05, 3.63) is 24.9 Å². The quantitative estimate of drug-likeness (QED) is 0.709. The van der Waals surface area contributed by atoms with Gasteiger partial charge in [0, 0.05) is 21.6 Å². The molecular formula is C6H4N2O2S2. The van der Waals surface area contributed by atoms with Crippen molar-refractivity contribution >= 4 is 21.6 Å². The van der Waals surface area contributed by atoms with Crippen LogP contribution < -0.4 is 0 Å². The Morgan fingerprint density at radius 3 is 1.75 bits per heavy atom. The molecule has 4 nitrogen and oxygen atoms in total. The fraction of sp³-hybridized carbons (Fsp3) is 0. The van der Waals surface area contributed by atoms with Gasteiger partial charge in [-0.3, -0.25) is 0 Å². The maximum absolute atomic E-state index is 4.99. The van der Waals surface area contributed by atoms with Crippen LogP contribution in [0.4, 0.5) is 0 Å². The van der Waals surface area contributed by atoms with Gasteiger partial charge in [-0.1, -0.05) is 0 Å². The van der Waals surface area contributed by atoms with Crippen LogP contribution in [0.2, 0.25) is 0 Å². The van der Waals surface area contributed by atoms with E-state index in [1.807, 2.05) is 0 Å². The van der Waals surface area contributed by atoms with Crippen molar-refractivity contribution in [1.29, 1.82) is 0 Å². The van der Waals surface area contributed by atoms with Crippen LogP contribution in [-0.4, -0.2) is 9.97 Å². The van der Waals surface area contributed by atoms with E-state index in [9.17, 15) is 0 Å². The van der Waals surface area contributed by atoms with Gasteiger partial charge in [0.25, 0.3) is 10.4 Å². The molecule has 2 heterocycles. The smallest absolute Gasteiger partial charge is 0.266 e. The summed E-state index contributed by atoms with van der Waals surface area (Å²) in [6, 6.07) is 0. The van der Waals surface area contributed by atoms with Crippen molar-refractivity contribution in [2.75, 3.05) is 0 Å². The molecule has 0 N–H and O–H groups in total. The molecule has 62 valence electrons. The Balaban J connectivity index is 1.91. The van der Waals surface area contributed by atoms with E-state index in [1.165, 1.54) is 34.1 Å². The van der Waals surface area contributed by atoms with Crippen molar-refractivity contribution < 1.29 is 8.83 Å². The standard InChI is InChI=1S/C6H4N2O2S2/c1-3-9-5(7-1)11-12-6-8-2-4-10-6/h1-4H. The lowest BCUT2D eigenvalue weighted by Gasteiger charge is -1.88. The van der Waals surface area contributed by atoms with E-state index < -0.39 is 0 Å². The predicted molar refractivity (Wildman–Crippen MR) is 44.7 cm³/mol. The van der Waals surface area contributed by atoms with E-state index in [-0.39, 0.29) is 0 Å². The fourth-order valence-corrected chi connectivity index (χ4v) is 2.04. The number of hydrogen-bond donors (Lipinski definition) is 0. The van der Waals surface area contributed by atoms with Gasteiger partial charge in [-0.05, 0) is 0 Å². The summed E-state index contributed by atoms with van der Waals surface area (Å²) in [5, 5.41) is 1.19. The number of oxazole rings is 2. The third kappa shape index (κ3) is 1.83. The van der Waals surface area contributed by atoms with Crippen molar-refractivity contribution in [3.63, 3.8) is 0 Å². The van der Waals surface area contributed by atoms with Crippen molar-refractivity contribution in [2.45, 2.75) is 10.4 Å². The van der Waals surface area contributed by atoms with Gasteiger partial charge in [0.2, 0.25) is 0 Å². The van der Waals surface area contributed by atoms with Crippen LogP contribution in [0.3, 0.4) is 0 Å². The zero-order chi connectivity index (χ0) is 8.23. The molecule has 0 saturated heterocycles. The first-order chi connectivity index (χ1) is 5.95. The van der Waals surface area contributed by atoms with Crippen LogP contribution in [-0.2, 0) is 0 Å². The molecule has 0 amide bonds. The number of hydrogen-bond acceptors (Lipinski definition) is 6. The Hall–Kier alpha value is -0.880. The molecule has 0 aliphatic rings. The first-order valence-corrected chi connectivity index (χ1v) is 5.23. The molecule has 6 heteroatoms. The van der Waals surface area contributed by atoms with Gasteiger partial charge in [-0.25, -0.2) is 9.97 Å². The highest BCUT2D eigenvalue weighted by atomic mass is 33.1. The Morgan fingerprint density at radius 2 is 1.42 bits per heavy atom. The summed E-state index contributed by atoms with van der Waals surface area (Å²) in [6.07, 6.45) is 6.24. The van der Waals surface area contributed by atoms with E-state index in [0.29, 0.717) is 10.4 Å². The third-order valence-electron chi connectivity index (χ3n) is 1.00. The number of nitrogens with zero attached hydrogens (tertiary/aromatic N) is 2. The largest absolute Gasteiger partial charge is 0.439 e. The second kappa shape index (κ2) is 3.68. The highest BCUT2D eigenvalue weighted by Gasteiger charge is 2.03. The molecule has 0 bridgehead atoms. The maximum Gasteiger partial charge on any atom is 0.266 e. The Bertz CT molecular complexity index is 285. The number of aromatic nitrogens is 2. The summed E-state index contributed by atoms with van der Waals surface area (Å²) >= 11 is 0. The van der Waals surface area contributed by atoms with Crippen molar-refractivity contribution in [1.82, 2.24) is 9.97 Å². The average molecular weight is 200 g/mol. The SMILES string of the molecule is c1coc(SSc2ncco2)n1. The summed E-state index contributed by atoms with van der Waals surface area (Å²) in [7, 11) is 2.73. The minimum Gasteiger partial charge on any atom is -0.439 e. The van der Waals surface area contributed by atoms with E-state index in [2.05, 4.69) is 9.97 Å². The Kier molecular flexibility index (Phi) is 2.38. The van der Waals surface area contributed by atoms with Crippen molar-refractivity contribution in [3.8, 4) is 0 Å². The lowest BCUT2D eigenvalue weighted by atomic mass is 11.0. The summed E-state index contributed by atoms with van der Waals surface area (Å²) in [5.74, 6) is 0. The van der Waals surface area contributed by atoms with Gasteiger partial charge in [-0.2, -0.15) is 0 Å². The minimum atomic E-state index is 0.596. The van der Waals surface area contributed by atoms with Crippen LogP contribution in [0.1, 0.15) is 0 Å². The number of rotatable bonds is 3. The normalized spacial score (nSPS) is 10.3. The molecule has 2 aromatic heterocycles. The molecular weight excluding hydrogens is 196 g/mol. The van der Waals surface area contributed by atoms with Gasteiger partial charge < -0.3 is 8.83 Å². The first-order valence-electron chi connectivity index (χ1n) is 3.08. The fourth-order valence-electron chi connectivity index (χ4n) is 0.574. The molecule has 2 rings (SSSR count). The average Bonchev–Trinajstić information content (AvgIpc) is 2.74. The Morgan fingerprint density at radius 1 is 0.917 bits per heavy atom. The molecule has 0 unspecified atom stereocenters. The predicted octanol–water partition coefficient (Wildman–Crippen LogP) is 2.46. The lowest BCUT2D eigenvalue weighted by molar-refractivity contribution is 0.452. The molecule has 0 fully saturated rings. The van der Waals surface area contributed by atoms with Crippen molar-refractivity contribution in [2.24, 2.45) is 0 Å². The second-order valence-electron chi connectivity index (χ2n) is 1.76. The van der Waals surface area contributed by atoms with Crippen LogP contribution in [0.5, 0.6) is 0 Å². The van der Waals surface area contributed by atoms with E-state index in [1.54, 1.807) is 12.4 Å². The minimum absolute atomic E-state index is 0.596. The molecule has 0 atom stereocenters. The second-order valence-corrected chi connectivity index (χ2v) is 3.79. The summed E-state index contributed by atoms with van der Waals surface area (Å²) in [4.78, 5) is 7.84. The summed E-state index contributed by atoms with van der Waals surface area (Å²) in [6.45, 7) is 0. The van der Waals surface area contributed by atoms with Gasteiger partial charge in [0.15, 0.2) is 0 Å². The highest BCUT2D eigenvalue weighted by Crippen LogP contribution is 2.34. The summed E-state index contributed by atoms with van der Waals surface area (Å²) < 4.78 is 9.99. The van der Waals surface area contributed by atoms with Crippen LogP contribution in [0.15, 0.2) is 44.2 Å². The van der Waals surface area contributed by atoms with Crippen LogP contribution in [0, 0.1) is 0 Å². The molecule has 0 radical (unpaired) electrons. The zero-order valence-electron chi connectivity index (χ0n) is 5.84. The molecule has 0 aliphatic heterocycles. The molecule has 0 spiro atoms. The van der Waals surface area contributed by atoms with E-state index >= 15 is 0 Å². The van der Waals surface area contributed by atoms with Gasteiger partial charge in [0.1, 0.15) is 12.5 Å². The lowest BCUT2D eigenvalue weighted by Crippen LogP contribution is -1.65. The highest BCUT2D eigenvalue weighted by molar-refractivity contribution is 8.76.